The summed E-state index contributed by atoms with van der Waals surface area (Å²) in [6.07, 6.45) is 5.20. The Morgan fingerprint density at radius 1 is 1.15 bits per heavy atom. The molecule has 0 radical (unpaired) electrons. The van der Waals surface area contributed by atoms with Gasteiger partial charge in [0.25, 0.3) is 5.91 Å². The number of anilines is 1. The molecule has 1 aliphatic heterocycles. The Labute approximate surface area is 117 Å². The van der Waals surface area contributed by atoms with Crippen LogP contribution in [0, 0.1) is 0 Å². The lowest BCUT2D eigenvalue weighted by molar-refractivity contribution is 0.0741. The molecule has 0 aliphatic carbocycles. The topological polar surface area (TPSA) is 54.3 Å². The molecule has 3 rings (SSSR count). The van der Waals surface area contributed by atoms with Crippen LogP contribution >= 0.6 is 0 Å². The average Bonchev–Trinajstić information content (AvgIpc) is 2.94. The van der Waals surface area contributed by atoms with Crippen molar-refractivity contribution in [1.29, 1.82) is 0 Å². The molecule has 0 spiro atoms. The molecule has 1 aliphatic rings. The van der Waals surface area contributed by atoms with Crippen LogP contribution in [0.25, 0.3) is 0 Å². The van der Waals surface area contributed by atoms with Gasteiger partial charge >= 0.3 is 0 Å². The molecule has 1 saturated heterocycles. The van der Waals surface area contributed by atoms with Gasteiger partial charge in [-0.25, -0.2) is 9.97 Å². The van der Waals surface area contributed by atoms with E-state index in [1.165, 1.54) is 0 Å². The van der Waals surface area contributed by atoms with Gasteiger partial charge in [-0.1, -0.05) is 6.07 Å². The largest absolute Gasteiger partial charge is 0.353 e. The number of imidazole rings is 1. The van der Waals surface area contributed by atoms with Gasteiger partial charge in [-0.3, -0.25) is 4.79 Å². The van der Waals surface area contributed by atoms with Crippen molar-refractivity contribution in [3.8, 4) is 0 Å². The minimum atomic E-state index is 0.00581. The third-order valence-electron chi connectivity index (χ3n) is 3.46. The maximum absolute atomic E-state index is 12.3. The van der Waals surface area contributed by atoms with Gasteiger partial charge in [0.05, 0.1) is 6.33 Å². The van der Waals surface area contributed by atoms with E-state index in [9.17, 15) is 4.79 Å². The second kappa shape index (κ2) is 5.32. The SMILES string of the molecule is Cn1cnc(C(=O)N2CCN(c3ccccn3)CC2)c1. The summed E-state index contributed by atoms with van der Waals surface area (Å²) >= 11 is 0. The van der Waals surface area contributed by atoms with Crippen LogP contribution in [0.1, 0.15) is 10.5 Å². The highest BCUT2D eigenvalue weighted by molar-refractivity contribution is 5.92. The summed E-state index contributed by atoms with van der Waals surface area (Å²) in [6.45, 7) is 3.00. The number of aryl methyl sites for hydroxylation is 1. The quantitative estimate of drug-likeness (QED) is 0.810. The van der Waals surface area contributed by atoms with Crippen LogP contribution in [-0.4, -0.2) is 51.5 Å². The Balaban J connectivity index is 1.63. The first-order valence-corrected chi connectivity index (χ1v) is 6.67. The fraction of sp³-hybridized carbons (Fsp3) is 0.357. The van der Waals surface area contributed by atoms with Crippen LogP contribution in [0.4, 0.5) is 5.82 Å². The fourth-order valence-corrected chi connectivity index (χ4v) is 2.36. The molecule has 6 heteroatoms. The zero-order valence-electron chi connectivity index (χ0n) is 11.4. The standard InChI is InChI=1S/C14H17N5O/c1-17-10-12(16-11-17)14(20)19-8-6-18(7-9-19)13-4-2-3-5-15-13/h2-5,10-11H,6-9H2,1H3. The van der Waals surface area contributed by atoms with Crippen molar-refractivity contribution in [3.05, 3.63) is 42.6 Å². The summed E-state index contributed by atoms with van der Waals surface area (Å²) in [5, 5.41) is 0. The fourth-order valence-electron chi connectivity index (χ4n) is 2.36. The molecule has 2 aromatic heterocycles. The van der Waals surface area contributed by atoms with Crippen LogP contribution in [-0.2, 0) is 7.05 Å². The molecule has 1 amide bonds. The summed E-state index contributed by atoms with van der Waals surface area (Å²) in [7, 11) is 1.86. The monoisotopic (exact) mass is 271 g/mol. The summed E-state index contributed by atoms with van der Waals surface area (Å²) < 4.78 is 1.79. The second-order valence-electron chi connectivity index (χ2n) is 4.89. The number of amides is 1. The van der Waals surface area contributed by atoms with Crippen molar-refractivity contribution < 1.29 is 4.79 Å². The Morgan fingerprint density at radius 3 is 2.55 bits per heavy atom. The summed E-state index contributed by atoms with van der Waals surface area (Å²) in [4.78, 5) is 24.8. The molecule has 0 aromatic carbocycles. The molecule has 3 heterocycles. The maximum Gasteiger partial charge on any atom is 0.274 e. The Kier molecular flexibility index (Phi) is 3.37. The number of hydrogen-bond donors (Lipinski definition) is 0. The van der Waals surface area contributed by atoms with E-state index in [1.807, 2.05) is 30.1 Å². The zero-order valence-corrected chi connectivity index (χ0v) is 11.4. The highest BCUT2D eigenvalue weighted by Gasteiger charge is 2.23. The number of hydrogen-bond acceptors (Lipinski definition) is 4. The van der Waals surface area contributed by atoms with Crippen molar-refractivity contribution in [2.45, 2.75) is 0 Å². The van der Waals surface area contributed by atoms with E-state index in [1.54, 1.807) is 23.3 Å². The molecule has 20 heavy (non-hydrogen) atoms. The number of aromatic nitrogens is 3. The first kappa shape index (κ1) is 12.7. The van der Waals surface area contributed by atoms with Crippen molar-refractivity contribution in [1.82, 2.24) is 19.4 Å². The van der Waals surface area contributed by atoms with E-state index < -0.39 is 0 Å². The smallest absolute Gasteiger partial charge is 0.274 e. The van der Waals surface area contributed by atoms with Crippen molar-refractivity contribution in [3.63, 3.8) is 0 Å². The summed E-state index contributed by atoms with van der Waals surface area (Å²) in [5.74, 6) is 0.976. The second-order valence-corrected chi connectivity index (χ2v) is 4.89. The Bertz CT molecular complexity index is 587. The molecule has 2 aromatic rings. The third-order valence-corrected chi connectivity index (χ3v) is 3.46. The van der Waals surface area contributed by atoms with Crippen LogP contribution in [0.2, 0.25) is 0 Å². The highest BCUT2D eigenvalue weighted by atomic mass is 16.2. The lowest BCUT2D eigenvalue weighted by Crippen LogP contribution is -2.49. The predicted octanol–water partition coefficient (Wildman–Crippen LogP) is 0.777. The molecule has 0 unspecified atom stereocenters. The third kappa shape index (κ3) is 2.49. The minimum Gasteiger partial charge on any atom is -0.353 e. The van der Waals surface area contributed by atoms with E-state index in [4.69, 9.17) is 0 Å². The number of nitrogens with zero attached hydrogens (tertiary/aromatic N) is 5. The number of piperazine rings is 1. The van der Waals surface area contributed by atoms with E-state index in [0.29, 0.717) is 18.8 Å². The molecule has 0 N–H and O–H groups in total. The Morgan fingerprint density at radius 2 is 1.95 bits per heavy atom. The average molecular weight is 271 g/mol. The lowest BCUT2D eigenvalue weighted by Gasteiger charge is -2.35. The van der Waals surface area contributed by atoms with E-state index >= 15 is 0 Å². The van der Waals surface area contributed by atoms with Crippen LogP contribution in [0.5, 0.6) is 0 Å². The molecular formula is C14H17N5O. The number of carbonyl (C=O) groups excluding carboxylic acids is 1. The number of carbonyl (C=O) groups is 1. The minimum absolute atomic E-state index is 0.00581. The van der Waals surface area contributed by atoms with E-state index in [-0.39, 0.29) is 5.91 Å². The summed E-state index contributed by atoms with van der Waals surface area (Å²) in [6, 6.07) is 5.88. The van der Waals surface area contributed by atoms with Crippen molar-refractivity contribution in [2.75, 3.05) is 31.1 Å². The lowest BCUT2D eigenvalue weighted by atomic mass is 10.2. The molecule has 0 atom stereocenters. The highest BCUT2D eigenvalue weighted by Crippen LogP contribution is 2.13. The van der Waals surface area contributed by atoms with E-state index in [0.717, 1.165) is 18.9 Å². The number of pyridine rings is 1. The van der Waals surface area contributed by atoms with Gasteiger partial charge in [-0.05, 0) is 12.1 Å². The molecule has 104 valence electrons. The molecular weight excluding hydrogens is 254 g/mol. The van der Waals surface area contributed by atoms with Gasteiger partial charge < -0.3 is 14.4 Å². The van der Waals surface area contributed by atoms with E-state index in [2.05, 4.69) is 14.9 Å². The van der Waals surface area contributed by atoms with Gasteiger partial charge in [0, 0.05) is 45.6 Å². The normalized spacial score (nSPS) is 15.4. The van der Waals surface area contributed by atoms with Crippen LogP contribution in [0.15, 0.2) is 36.9 Å². The van der Waals surface area contributed by atoms with Crippen molar-refractivity contribution >= 4 is 11.7 Å². The van der Waals surface area contributed by atoms with Gasteiger partial charge in [0.15, 0.2) is 0 Å². The molecule has 1 fully saturated rings. The van der Waals surface area contributed by atoms with Crippen LogP contribution < -0.4 is 4.90 Å². The Hall–Kier alpha value is -2.37. The van der Waals surface area contributed by atoms with Gasteiger partial charge in [-0.15, -0.1) is 0 Å². The van der Waals surface area contributed by atoms with Gasteiger partial charge in [0.2, 0.25) is 0 Å². The van der Waals surface area contributed by atoms with Crippen molar-refractivity contribution in [2.24, 2.45) is 7.05 Å². The molecule has 6 nitrogen and oxygen atoms in total. The van der Waals surface area contributed by atoms with Gasteiger partial charge in [-0.2, -0.15) is 0 Å². The maximum atomic E-state index is 12.3. The van der Waals surface area contributed by atoms with Crippen LogP contribution in [0.3, 0.4) is 0 Å². The predicted molar refractivity (Wildman–Crippen MR) is 75.6 cm³/mol. The first-order valence-electron chi connectivity index (χ1n) is 6.67. The first-order chi connectivity index (χ1) is 9.74. The molecule has 0 saturated carbocycles. The van der Waals surface area contributed by atoms with Gasteiger partial charge in [0.1, 0.15) is 11.5 Å². The summed E-state index contributed by atoms with van der Waals surface area (Å²) in [5.41, 5.74) is 0.513. The zero-order chi connectivity index (χ0) is 13.9. The number of rotatable bonds is 2. The molecule has 0 bridgehead atoms.